The van der Waals surface area contributed by atoms with Crippen molar-refractivity contribution in [2.45, 2.75) is 38.8 Å². The van der Waals surface area contributed by atoms with Crippen molar-refractivity contribution >= 4 is 45.3 Å². The van der Waals surface area contributed by atoms with Crippen LogP contribution in [0.4, 0.5) is 4.79 Å². The number of nitrogens with zero attached hydrogens (tertiary/aromatic N) is 1. The molecule has 0 aliphatic rings. The fourth-order valence-electron chi connectivity index (χ4n) is 2.27. The summed E-state index contributed by atoms with van der Waals surface area (Å²) < 4.78 is 0. The third kappa shape index (κ3) is 4.35. The summed E-state index contributed by atoms with van der Waals surface area (Å²) in [5, 5.41) is 2.96. The Bertz CT molecular complexity index is 828. The van der Waals surface area contributed by atoms with Gasteiger partial charge in [-0.15, -0.1) is 11.3 Å². The van der Waals surface area contributed by atoms with E-state index in [1.807, 2.05) is 12.2 Å². The zero-order chi connectivity index (χ0) is 17.9. The molecule has 1 atom stereocenters. The summed E-state index contributed by atoms with van der Waals surface area (Å²) in [6, 6.07) is -0.902. The van der Waals surface area contributed by atoms with Gasteiger partial charge in [0, 0.05) is 4.88 Å². The second kappa shape index (κ2) is 7.80. The minimum absolute atomic E-state index is 0.0541. The van der Waals surface area contributed by atoms with E-state index < -0.39 is 11.9 Å². The van der Waals surface area contributed by atoms with Gasteiger partial charge >= 0.3 is 6.03 Å². The number of nitrogens with two attached hydrogens (primary N) is 1. The number of thioether (sulfide) groups is 1. The van der Waals surface area contributed by atoms with Gasteiger partial charge in [-0.1, -0.05) is 32.0 Å². The number of fused-ring (bicyclic) bond motifs is 1. The molecule has 0 spiro atoms. The lowest BCUT2D eigenvalue weighted by Crippen LogP contribution is -2.36. The number of imide groups is 1. The molecule has 2 aromatic heterocycles. The average Bonchev–Trinajstić information content (AvgIpc) is 2.80. The SMILES string of the molecule is CC[C@@H](C)Cc1c(C)sc2nc(SCC(=O)NC(N)=O)[nH]c(=O)c12. The van der Waals surface area contributed by atoms with E-state index in [4.69, 9.17) is 5.73 Å². The molecule has 0 aliphatic heterocycles. The summed E-state index contributed by atoms with van der Waals surface area (Å²) in [6.45, 7) is 6.28. The van der Waals surface area contributed by atoms with Gasteiger partial charge in [-0.3, -0.25) is 14.9 Å². The standard InChI is InChI=1S/C15H20N4O3S2/c1-4-7(2)5-9-8(3)24-13-11(9)12(21)18-15(19-13)23-6-10(20)17-14(16)22/h7H,4-6H2,1-3H3,(H,18,19,21)(H3,16,17,20,22)/t7-/m1/s1. The quantitative estimate of drug-likeness (QED) is 0.533. The molecule has 3 amide bonds. The number of hydrogen-bond acceptors (Lipinski definition) is 6. The average molecular weight is 368 g/mol. The van der Waals surface area contributed by atoms with E-state index in [1.165, 1.54) is 11.3 Å². The zero-order valence-electron chi connectivity index (χ0n) is 13.8. The molecule has 0 aromatic carbocycles. The van der Waals surface area contributed by atoms with E-state index in [2.05, 4.69) is 23.8 Å². The Hall–Kier alpha value is -1.87. The van der Waals surface area contributed by atoms with Crippen LogP contribution in [0.15, 0.2) is 9.95 Å². The summed E-state index contributed by atoms with van der Waals surface area (Å²) in [5.74, 6) is -0.0934. The van der Waals surface area contributed by atoms with E-state index >= 15 is 0 Å². The second-order valence-corrected chi connectivity index (χ2v) is 7.77. The van der Waals surface area contributed by atoms with E-state index in [9.17, 15) is 14.4 Å². The van der Waals surface area contributed by atoms with Crippen molar-refractivity contribution in [1.82, 2.24) is 15.3 Å². The summed E-state index contributed by atoms with van der Waals surface area (Å²) in [4.78, 5) is 43.4. The topological polar surface area (TPSA) is 118 Å². The molecule has 9 heteroatoms. The highest BCUT2D eigenvalue weighted by Crippen LogP contribution is 2.30. The number of H-pyrrole nitrogens is 1. The maximum absolute atomic E-state index is 12.4. The van der Waals surface area contributed by atoms with Gasteiger partial charge in [0.2, 0.25) is 5.91 Å². The predicted octanol–water partition coefficient (Wildman–Crippen LogP) is 2.17. The summed E-state index contributed by atoms with van der Waals surface area (Å²) in [5.41, 5.74) is 5.74. The molecule has 4 N–H and O–H groups in total. The normalized spacial score (nSPS) is 12.3. The highest BCUT2D eigenvalue weighted by molar-refractivity contribution is 7.99. The van der Waals surface area contributed by atoms with Crippen LogP contribution in [0, 0.1) is 12.8 Å². The fourth-order valence-corrected chi connectivity index (χ4v) is 4.04. The molecule has 2 rings (SSSR count). The van der Waals surface area contributed by atoms with Crippen LogP contribution < -0.4 is 16.6 Å². The predicted molar refractivity (Wildman–Crippen MR) is 96.6 cm³/mol. The summed E-state index contributed by atoms with van der Waals surface area (Å²) in [7, 11) is 0. The second-order valence-electron chi connectivity index (χ2n) is 5.61. The Morgan fingerprint density at radius 2 is 2.17 bits per heavy atom. The van der Waals surface area contributed by atoms with Gasteiger partial charge in [0.1, 0.15) is 4.83 Å². The Kier molecular flexibility index (Phi) is 6.00. The van der Waals surface area contributed by atoms with Gasteiger partial charge in [0.25, 0.3) is 5.56 Å². The highest BCUT2D eigenvalue weighted by Gasteiger charge is 2.17. The highest BCUT2D eigenvalue weighted by atomic mass is 32.2. The molecular weight excluding hydrogens is 348 g/mol. The molecule has 2 aromatic rings. The third-order valence-electron chi connectivity index (χ3n) is 3.69. The number of urea groups is 1. The lowest BCUT2D eigenvalue weighted by molar-refractivity contribution is -0.117. The molecule has 7 nitrogen and oxygen atoms in total. The van der Waals surface area contributed by atoms with Gasteiger partial charge in [-0.05, 0) is 24.8 Å². The lowest BCUT2D eigenvalue weighted by atomic mass is 9.98. The number of thiophene rings is 1. The first kappa shape index (κ1) is 18.5. The Morgan fingerprint density at radius 1 is 1.46 bits per heavy atom. The van der Waals surface area contributed by atoms with Crippen LogP contribution in [0.1, 0.15) is 30.7 Å². The van der Waals surface area contributed by atoms with Crippen LogP contribution in [0.2, 0.25) is 0 Å². The van der Waals surface area contributed by atoms with Gasteiger partial charge in [0.15, 0.2) is 5.16 Å². The number of carbonyl (C=O) groups is 2. The molecule has 0 unspecified atom stereocenters. The van der Waals surface area contributed by atoms with Crippen molar-refractivity contribution in [2.75, 3.05) is 5.75 Å². The van der Waals surface area contributed by atoms with Crippen molar-refractivity contribution < 1.29 is 9.59 Å². The molecular formula is C15H20N4O3S2. The number of hydrogen-bond donors (Lipinski definition) is 3. The number of nitrogens with one attached hydrogen (secondary N) is 2. The van der Waals surface area contributed by atoms with Crippen LogP contribution in [0.5, 0.6) is 0 Å². The number of carbonyl (C=O) groups excluding carboxylic acids is 2. The first-order valence-electron chi connectivity index (χ1n) is 7.56. The van der Waals surface area contributed by atoms with E-state index in [0.717, 1.165) is 35.0 Å². The Labute approximate surface area is 147 Å². The van der Waals surface area contributed by atoms with E-state index in [1.54, 1.807) is 0 Å². The van der Waals surface area contributed by atoms with Crippen LogP contribution in [-0.4, -0.2) is 27.7 Å². The Balaban J connectivity index is 2.26. The van der Waals surface area contributed by atoms with Crippen molar-refractivity contribution in [3.05, 3.63) is 20.8 Å². The molecule has 0 fully saturated rings. The number of aromatic nitrogens is 2. The summed E-state index contributed by atoms with van der Waals surface area (Å²) in [6.07, 6.45) is 1.89. The van der Waals surface area contributed by atoms with E-state index in [-0.39, 0.29) is 11.3 Å². The van der Waals surface area contributed by atoms with Crippen LogP contribution in [0.25, 0.3) is 10.2 Å². The first-order chi connectivity index (χ1) is 11.3. The number of aryl methyl sites for hydroxylation is 1. The van der Waals surface area contributed by atoms with E-state index in [0.29, 0.717) is 21.3 Å². The summed E-state index contributed by atoms with van der Waals surface area (Å²) >= 11 is 2.54. The van der Waals surface area contributed by atoms with Gasteiger partial charge < -0.3 is 10.7 Å². The van der Waals surface area contributed by atoms with Gasteiger partial charge in [0.05, 0.1) is 11.1 Å². The molecule has 0 radical (unpaired) electrons. The molecule has 0 saturated carbocycles. The van der Waals surface area contributed by atoms with Crippen LogP contribution in [-0.2, 0) is 11.2 Å². The lowest BCUT2D eigenvalue weighted by Gasteiger charge is -2.08. The third-order valence-corrected chi connectivity index (χ3v) is 5.61. The number of aromatic amines is 1. The monoisotopic (exact) mass is 368 g/mol. The molecule has 0 saturated heterocycles. The molecule has 2 heterocycles. The van der Waals surface area contributed by atoms with Crippen molar-refractivity contribution in [2.24, 2.45) is 11.7 Å². The van der Waals surface area contributed by atoms with Gasteiger partial charge in [-0.2, -0.15) is 0 Å². The minimum Gasteiger partial charge on any atom is -0.351 e. The molecule has 130 valence electrons. The first-order valence-corrected chi connectivity index (χ1v) is 9.36. The van der Waals surface area contributed by atoms with Gasteiger partial charge in [-0.25, -0.2) is 9.78 Å². The van der Waals surface area contributed by atoms with Crippen LogP contribution in [0.3, 0.4) is 0 Å². The van der Waals surface area contributed by atoms with Crippen molar-refractivity contribution in [1.29, 1.82) is 0 Å². The molecule has 24 heavy (non-hydrogen) atoms. The molecule has 0 bridgehead atoms. The van der Waals surface area contributed by atoms with Crippen molar-refractivity contribution in [3.63, 3.8) is 0 Å². The van der Waals surface area contributed by atoms with Crippen molar-refractivity contribution in [3.8, 4) is 0 Å². The maximum Gasteiger partial charge on any atom is 0.318 e. The van der Waals surface area contributed by atoms with Crippen LogP contribution >= 0.6 is 23.1 Å². The maximum atomic E-state index is 12.4. The zero-order valence-corrected chi connectivity index (χ0v) is 15.4. The number of amides is 3. The number of primary amides is 1. The smallest absolute Gasteiger partial charge is 0.318 e. The largest absolute Gasteiger partial charge is 0.351 e. The Morgan fingerprint density at radius 3 is 2.79 bits per heavy atom. The molecule has 0 aliphatic carbocycles. The fraction of sp³-hybridized carbons (Fsp3) is 0.467. The minimum atomic E-state index is -0.902. The number of rotatable bonds is 6.